The van der Waals surface area contributed by atoms with Crippen LogP contribution < -0.4 is 0 Å². The van der Waals surface area contributed by atoms with Gasteiger partial charge in [0.1, 0.15) is 0 Å². The SMILES string of the molecule is C#CCN(CC(=O)OC)Cc1ccccn1. The van der Waals surface area contributed by atoms with E-state index >= 15 is 0 Å². The fraction of sp³-hybridized carbons (Fsp3) is 0.333. The molecule has 0 saturated carbocycles. The number of aromatic nitrogens is 1. The number of hydrogen-bond donors (Lipinski definition) is 0. The molecule has 1 rings (SSSR count). The summed E-state index contributed by atoms with van der Waals surface area (Å²) >= 11 is 0. The summed E-state index contributed by atoms with van der Waals surface area (Å²) in [6.07, 6.45) is 6.95. The number of carbonyl (C=O) groups excluding carboxylic acids is 1. The van der Waals surface area contributed by atoms with E-state index in [2.05, 4.69) is 15.6 Å². The second-order valence-electron chi connectivity index (χ2n) is 3.25. The Hall–Kier alpha value is -1.86. The van der Waals surface area contributed by atoms with Crippen molar-refractivity contribution in [3.05, 3.63) is 30.1 Å². The minimum atomic E-state index is -0.300. The lowest BCUT2D eigenvalue weighted by Crippen LogP contribution is -2.30. The number of esters is 1. The first kappa shape index (κ1) is 12.2. The minimum Gasteiger partial charge on any atom is -0.468 e. The number of pyridine rings is 1. The van der Waals surface area contributed by atoms with Crippen molar-refractivity contribution in [3.63, 3.8) is 0 Å². The first-order valence-electron chi connectivity index (χ1n) is 4.88. The van der Waals surface area contributed by atoms with Crippen molar-refractivity contribution in [3.8, 4) is 12.3 Å². The van der Waals surface area contributed by atoms with E-state index in [9.17, 15) is 4.79 Å². The topological polar surface area (TPSA) is 42.4 Å². The molecule has 84 valence electrons. The van der Waals surface area contributed by atoms with Crippen molar-refractivity contribution < 1.29 is 9.53 Å². The first-order valence-corrected chi connectivity index (χ1v) is 4.88. The molecule has 16 heavy (non-hydrogen) atoms. The maximum Gasteiger partial charge on any atom is 0.319 e. The average Bonchev–Trinajstić information content (AvgIpc) is 2.30. The summed E-state index contributed by atoms with van der Waals surface area (Å²) in [5, 5.41) is 0. The Kier molecular flexibility index (Phi) is 5.03. The highest BCUT2D eigenvalue weighted by atomic mass is 16.5. The van der Waals surface area contributed by atoms with Crippen LogP contribution in [0.15, 0.2) is 24.4 Å². The van der Waals surface area contributed by atoms with E-state index in [0.29, 0.717) is 13.1 Å². The molecular formula is C12H14N2O2. The molecule has 0 saturated heterocycles. The fourth-order valence-corrected chi connectivity index (χ4v) is 1.26. The van der Waals surface area contributed by atoms with Gasteiger partial charge in [0, 0.05) is 12.7 Å². The maximum absolute atomic E-state index is 11.1. The Morgan fingerprint density at radius 2 is 2.44 bits per heavy atom. The van der Waals surface area contributed by atoms with Gasteiger partial charge in [0.2, 0.25) is 0 Å². The van der Waals surface area contributed by atoms with Gasteiger partial charge in [0.15, 0.2) is 0 Å². The lowest BCUT2D eigenvalue weighted by Gasteiger charge is -2.17. The number of hydrogen-bond acceptors (Lipinski definition) is 4. The van der Waals surface area contributed by atoms with Crippen molar-refractivity contribution in [2.45, 2.75) is 6.54 Å². The standard InChI is InChI=1S/C12H14N2O2/c1-3-8-14(10-12(15)16-2)9-11-6-4-5-7-13-11/h1,4-7H,8-10H2,2H3. The summed E-state index contributed by atoms with van der Waals surface area (Å²) < 4.78 is 4.60. The molecule has 0 radical (unpaired) electrons. The Labute approximate surface area is 95.2 Å². The molecule has 1 aromatic heterocycles. The van der Waals surface area contributed by atoms with Gasteiger partial charge in [0.25, 0.3) is 0 Å². The third-order valence-corrected chi connectivity index (χ3v) is 2.01. The van der Waals surface area contributed by atoms with E-state index in [1.54, 1.807) is 11.1 Å². The van der Waals surface area contributed by atoms with Crippen LogP contribution in [0.25, 0.3) is 0 Å². The molecule has 0 bridgehead atoms. The normalized spacial score (nSPS) is 9.81. The molecule has 1 heterocycles. The Balaban J connectivity index is 2.58. The molecule has 0 aromatic carbocycles. The fourth-order valence-electron chi connectivity index (χ4n) is 1.26. The van der Waals surface area contributed by atoms with Gasteiger partial charge in [-0.3, -0.25) is 14.7 Å². The van der Waals surface area contributed by atoms with Crippen LogP contribution in [-0.4, -0.2) is 36.1 Å². The van der Waals surface area contributed by atoms with Crippen LogP contribution in [-0.2, 0) is 16.1 Å². The summed E-state index contributed by atoms with van der Waals surface area (Å²) in [5.41, 5.74) is 0.877. The lowest BCUT2D eigenvalue weighted by atomic mass is 10.3. The smallest absolute Gasteiger partial charge is 0.319 e. The highest BCUT2D eigenvalue weighted by molar-refractivity contribution is 5.71. The van der Waals surface area contributed by atoms with Crippen molar-refractivity contribution in [1.29, 1.82) is 0 Å². The van der Waals surface area contributed by atoms with Gasteiger partial charge >= 0.3 is 5.97 Å². The monoisotopic (exact) mass is 218 g/mol. The van der Waals surface area contributed by atoms with Crippen LogP contribution in [0.2, 0.25) is 0 Å². The quantitative estimate of drug-likeness (QED) is 0.538. The molecule has 0 aliphatic rings. The summed E-state index contributed by atoms with van der Waals surface area (Å²) in [7, 11) is 1.36. The molecule has 0 spiro atoms. The third-order valence-electron chi connectivity index (χ3n) is 2.01. The number of methoxy groups -OCH3 is 1. The average molecular weight is 218 g/mol. The van der Waals surface area contributed by atoms with Crippen molar-refractivity contribution in [2.75, 3.05) is 20.2 Å². The number of nitrogens with zero attached hydrogens (tertiary/aromatic N) is 2. The van der Waals surface area contributed by atoms with Crippen LogP contribution in [0.3, 0.4) is 0 Å². The Morgan fingerprint density at radius 1 is 1.62 bits per heavy atom. The van der Waals surface area contributed by atoms with Gasteiger partial charge in [-0.05, 0) is 12.1 Å². The molecule has 0 aliphatic carbocycles. The van der Waals surface area contributed by atoms with E-state index in [-0.39, 0.29) is 12.5 Å². The first-order chi connectivity index (χ1) is 7.76. The molecule has 0 fully saturated rings. The highest BCUT2D eigenvalue weighted by Crippen LogP contribution is 2.00. The molecule has 0 aliphatic heterocycles. The molecule has 0 unspecified atom stereocenters. The second-order valence-corrected chi connectivity index (χ2v) is 3.25. The molecular weight excluding hydrogens is 204 g/mol. The predicted octanol–water partition coefficient (Wildman–Crippen LogP) is 0.690. The second kappa shape index (κ2) is 6.59. The zero-order valence-electron chi connectivity index (χ0n) is 9.22. The lowest BCUT2D eigenvalue weighted by molar-refractivity contribution is -0.141. The molecule has 4 nitrogen and oxygen atoms in total. The van der Waals surface area contributed by atoms with E-state index in [1.165, 1.54) is 7.11 Å². The summed E-state index contributed by atoms with van der Waals surface area (Å²) in [6.45, 7) is 1.11. The zero-order chi connectivity index (χ0) is 11.8. The van der Waals surface area contributed by atoms with E-state index in [1.807, 2.05) is 18.2 Å². The van der Waals surface area contributed by atoms with E-state index in [0.717, 1.165) is 5.69 Å². The van der Waals surface area contributed by atoms with E-state index < -0.39 is 0 Å². The molecule has 1 aromatic rings. The summed E-state index contributed by atoms with van der Waals surface area (Å²) in [4.78, 5) is 17.1. The molecule has 0 N–H and O–H groups in total. The van der Waals surface area contributed by atoms with Crippen LogP contribution in [0, 0.1) is 12.3 Å². The van der Waals surface area contributed by atoms with E-state index in [4.69, 9.17) is 6.42 Å². The predicted molar refractivity (Wildman–Crippen MR) is 60.4 cm³/mol. The number of terminal acetylenes is 1. The van der Waals surface area contributed by atoms with Crippen molar-refractivity contribution in [2.24, 2.45) is 0 Å². The summed E-state index contributed by atoms with van der Waals surface area (Å²) in [5.74, 6) is 2.21. The van der Waals surface area contributed by atoms with Gasteiger partial charge < -0.3 is 4.74 Å². The van der Waals surface area contributed by atoms with Crippen molar-refractivity contribution >= 4 is 5.97 Å². The molecule has 0 atom stereocenters. The minimum absolute atomic E-state index is 0.178. The number of carbonyl (C=O) groups is 1. The van der Waals surface area contributed by atoms with Gasteiger partial charge in [-0.25, -0.2) is 0 Å². The van der Waals surface area contributed by atoms with Crippen LogP contribution in [0.1, 0.15) is 5.69 Å². The molecule has 0 amide bonds. The van der Waals surface area contributed by atoms with Crippen molar-refractivity contribution in [1.82, 2.24) is 9.88 Å². The Morgan fingerprint density at radius 3 is 3.00 bits per heavy atom. The zero-order valence-corrected chi connectivity index (χ0v) is 9.22. The highest BCUT2D eigenvalue weighted by Gasteiger charge is 2.10. The Bertz CT molecular complexity index is 370. The number of rotatable bonds is 5. The van der Waals surface area contributed by atoms with Gasteiger partial charge in [-0.15, -0.1) is 6.42 Å². The maximum atomic E-state index is 11.1. The number of ether oxygens (including phenoxy) is 1. The largest absolute Gasteiger partial charge is 0.468 e. The third kappa shape index (κ3) is 4.11. The van der Waals surface area contributed by atoms with Gasteiger partial charge in [-0.1, -0.05) is 12.0 Å². The molecule has 4 heteroatoms. The van der Waals surface area contributed by atoms with Gasteiger partial charge in [-0.2, -0.15) is 0 Å². The van der Waals surface area contributed by atoms with Crippen LogP contribution in [0.5, 0.6) is 0 Å². The van der Waals surface area contributed by atoms with Gasteiger partial charge in [0.05, 0.1) is 25.9 Å². The van der Waals surface area contributed by atoms with Crippen LogP contribution >= 0.6 is 0 Å². The summed E-state index contributed by atoms with van der Waals surface area (Å²) in [6, 6.07) is 5.63. The van der Waals surface area contributed by atoms with Crippen LogP contribution in [0.4, 0.5) is 0 Å².